The van der Waals surface area contributed by atoms with Crippen molar-refractivity contribution in [1.29, 1.82) is 0 Å². The zero-order chi connectivity index (χ0) is 19.4. The van der Waals surface area contributed by atoms with E-state index in [1.807, 2.05) is 0 Å². The Morgan fingerprint density at radius 1 is 0.615 bits per heavy atom. The number of ether oxygens (including phenoxy) is 2. The molecule has 0 aliphatic rings. The number of carbonyl (C=O) groups is 2. The molecule has 0 unspecified atom stereocenters. The standard InChI is InChI=1S/C16H6Cl6O4/c17-7-3-9(19)15(10(20)4-7)25-13(23)1-2-14(24)26-16-11(21)5-8(18)6-12(16)22/h1-6H/b2-1+. The van der Waals surface area contributed by atoms with Crippen LogP contribution in [0.1, 0.15) is 0 Å². The van der Waals surface area contributed by atoms with Gasteiger partial charge in [0.1, 0.15) is 0 Å². The summed E-state index contributed by atoms with van der Waals surface area (Å²) in [4.78, 5) is 23.6. The Morgan fingerprint density at radius 2 is 0.885 bits per heavy atom. The molecule has 0 atom stereocenters. The second-order valence-corrected chi connectivity index (χ2v) is 7.07. The molecule has 0 fully saturated rings. The molecule has 0 aliphatic carbocycles. The third-order valence-corrected chi connectivity index (χ3v) is 4.25. The van der Waals surface area contributed by atoms with Crippen LogP contribution in [0.4, 0.5) is 0 Å². The molecule has 10 heteroatoms. The Labute approximate surface area is 178 Å². The van der Waals surface area contributed by atoms with Crippen LogP contribution in [0.3, 0.4) is 0 Å². The van der Waals surface area contributed by atoms with E-state index >= 15 is 0 Å². The molecule has 2 aromatic carbocycles. The first-order valence-electron chi connectivity index (χ1n) is 6.58. The van der Waals surface area contributed by atoms with Crippen molar-refractivity contribution in [1.82, 2.24) is 0 Å². The summed E-state index contributed by atoms with van der Waals surface area (Å²) in [6.07, 6.45) is 1.64. The fourth-order valence-corrected chi connectivity index (χ4v) is 3.45. The van der Waals surface area contributed by atoms with Gasteiger partial charge in [-0.15, -0.1) is 0 Å². The van der Waals surface area contributed by atoms with Gasteiger partial charge in [-0.05, 0) is 24.3 Å². The maximum Gasteiger partial charge on any atom is 0.336 e. The van der Waals surface area contributed by atoms with Crippen molar-refractivity contribution < 1.29 is 19.1 Å². The van der Waals surface area contributed by atoms with Crippen LogP contribution in [-0.2, 0) is 9.59 Å². The number of hydrogen-bond donors (Lipinski definition) is 0. The van der Waals surface area contributed by atoms with E-state index in [-0.39, 0.29) is 41.6 Å². The number of esters is 2. The lowest BCUT2D eigenvalue weighted by molar-refractivity contribution is -0.131. The minimum atomic E-state index is -0.915. The van der Waals surface area contributed by atoms with E-state index in [1.54, 1.807) is 0 Å². The molecule has 0 saturated carbocycles. The molecule has 0 saturated heterocycles. The lowest BCUT2D eigenvalue weighted by Gasteiger charge is -2.07. The number of benzene rings is 2. The van der Waals surface area contributed by atoms with Crippen LogP contribution in [0.5, 0.6) is 11.5 Å². The highest BCUT2D eigenvalue weighted by atomic mass is 35.5. The minimum absolute atomic E-state index is 0.0338. The molecule has 0 bridgehead atoms. The van der Waals surface area contributed by atoms with Gasteiger partial charge in [0.05, 0.1) is 20.1 Å². The van der Waals surface area contributed by atoms with Crippen molar-refractivity contribution in [2.75, 3.05) is 0 Å². The van der Waals surface area contributed by atoms with Crippen LogP contribution in [0, 0.1) is 0 Å². The maximum absolute atomic E-state index is 11.8. The third kappa shape index (κ3) is 5.68. The molecule has 0 heterocycles. The quantitative estimate of drug-likeness (QED) is 0.282. The average Bonchev–Trinajstić information content (AvgIpc) is 2.52. The highest BCUT2D eigenvalue weighted by Crippen LogP contribution is 2.37. The molecule has 0 amide bonds. The van der Waals surface area contributed by atoms with Crippen molar-refractivity contribution in [3.05, 3.63) is 66.6 Å². The summed E-state index contributed by atoms with van der Waals surface area (Å²) in [5, 5.41) is 0.683. The van der Waals surface area contributed by atoms with Crippen molar-refractivity contribution in [2.45, 2.75) is 0 Å². The van der Waals surface area contributed by atoms with Gasteiger partial charge >= 0.3 is 11.9 Å². The van der Waals surface area contributed by atoms with Gasteiger partial charge < -0.3 is 9.47 Å². The van der Waals surface area contributed by atoms with Gasteiger partial charge in [0.15, 0.2) is 11.5 Å². The van der Waals surface area contributed by atoms with Gasteiger partial charge in [0, 0.05) is 22.2 Å². The van der Waals surface area contributed by atoms with Crippen molar-refractivity contribution in [2.24, 2.45) is 0 Å². The van der Waals surface area contributed by atoms with Crippen LogP contribution >= 0.6 is 69.6 Å². The summed E-state index contributed by atoms with van der Waals surface area (Å²) in [5.74, 6) is -2.02. The summed E-state index contributed by atoms with van der Waals surface area (Å²) in [6, 6.07) is 5.39. The summed E-state index contributed by atoms with van der Waals surface area (Å²) >= 11 is 35.1. The summed E-state index contributed by atoms with van der Waals surface area (Å²) < 4.78 is 9.94. The normalized spacial score (nSPS) is 10.8. The first-order chi connectivity index (χ1) is 12.2. The molecular weight excluding hydrogens is 469 g/mol. The van der Waals surface area contributed by atoms with Crippen LogP contribution in [-0.4, -0.2) is 11.9 Å². The molecular formula is C16H6Cl6O4. The minimum Gasteiger partial charge on any atom is -0.420 e. The Morgan fingerprint density at radius 3 is 1.15 bits per heavy atom. The Hall–Kier alpha value is -1.14. The van der Waals surface area contributed by atoms with Gasteiger partial charge in [-0.3, -0.25) is 0 Å². The van der Waals surface area contributed by atoms with Crippen LogP contribution in [0.15, 0.2) is 36.4 Å². The van der Waals surface area contributed by atoms with E-state index < -0.39 is 11.9 Å². The zero-order valence-electron chi connectivity index (χ0n) is 12.4. The monoisotopic (exact) mass is 472 g/mol. The van der Waals surface area contributed by atoms with Gasteiger partial charge in [-0.1, -0.05) is 69.6 Å². The molecule has 2 aromatic rings. The first-order valence-corrected chi connectivity index (χ1v) is 8.85. The van der Waals surface area contributed by atoms with Gasteiger partial charge in [0.2, 0.25) is 0 Å². The second kappa shape index (κ2) is 9.18. The largest absolute Gasteiger partial charge is 0.420 e. The van der Waals surface area contributed by atoms with Gasteiger partial charge in [-0.25, -0.2) is 9.59 Å². The highest BCUT2D eigenvalue weighted by Gasteiger charge is 2.14. The molecule has 0 N–H and O–H groups in total. The molecule has 136 valence electrons. The first kappa shape index (κ1) is 21.2. The van der Waals surface area contributed by atoms with Crippen molar-refractivity contribution >= 4 is 81.5 Å². The predicted molar refractivity (Wildman–Crippen MR) is 103 cm³/mol. The van der Waals surface area contributed by atoms with Crippen LogP contribution in [0.25, 0.3) is 0 Å². The predicted octanol–water partition coefficient (Wildman–Crippen LogP) is 6.67. The smallest absolute Gasteiger partial charge is 0.336 e. The molecule has 0 aliphatic heterocycles. The molecule has 0 aromatic heterocycles. The van der Waals surface area contributed by atoms with E-state index in [4.69, 9.17) is 79.1 Å². The highest BCUT2D eigenvalue weighted by molar-refractivity contribution is 6.41. The molecule has 26 heavy (non-hydrogen) atoms. The van der Waals surface area contributed by atoms with E-state index in [1.165, 1.54) is 24.3 Å². The zero-order valence-corrected chi connectivity index (χ0v) is 16.9. The maximum atomic E-state index is 11.8. The van der Waals surface area contributed by atoms with Crippen molar-refractivity contribution in [3.63, 3.8) is 0 Å². The van der Waals surface area contributed by atoms with E-state index in [0.29, 0.717) is 0 Å². The topological polar surface area (TPSA) is 52.6 Å². The lowest BCUT2D eigenvalue weighted by atomic mass is 10.3. The third-order valence-electron chi connectivity index (χ3n) is 2.69. The average molecular weight is 475 g/mol. The second-order valence-electron chi connectivity index (χ2n) is 4.57. The van der Waals surface area contributed by atoms with E-state index in [9.17, 15) is 9.59 Å². The van der Waals surface area contributed by atoms with E-state index in [0.717, 1.165) is 12.2 Å². The number of hydrogen-bond acceptors (Lipinski definition) is 4. The fourth-order valence-electron chi connectivity index (χ4n) is 1.66. The Balaban J connectivity index is 2.06. The summed E-state index contributed by atoms with van der Waals surface area (Å²) in [5.41, 5.74) is 0. The van der Waals surface area contributed by atoms with Crippen molar-refractivity contribution in [3.8, 4) is 11.5 Å². The fraction of sp³-hybridized carbons (Fsp3) is 0. The van der Waals surface area contributed by atoms with Gasteiger partial charge in [-0.2, -0.15) is 0 Å². The number of halogens is 6. The Kier molecular flexibility index (Phi) is 7.47. The molecule has 2 rings (SSSR count). The SMILES string of the molecule is O=C(/C=C/C(=O)Oc1c(Cl)cc(Cl)cc1Cl)Oc1c(Cl)cc(Cl)cc1Cl. The summed E-state index contributed by atoms with van der Waals surface area (Å²) in [6.45, 7) is 0. The van der Waals surface area contributed by atoms with E-state index in [2.05, 4.69) is 0 Å². The summed E-state index contributed by atoms with van der Waals surface area (Å²) in [7, 11) is 0. The Bertz CT molecular complexity index is 790. The molecule has 0 spiro atoms. The van der Waals surface area contributed by atoms with Gasteiger partial charge in [0.25, 0.3) is 0 Å². The molecule has 0 radical (unpaired) electrons. The lowest BCUT2D eigenvalue weighted by Crippen LogP contribution is -2.09. The molecule has 4 nitrogen and oxygen atoms in total. The number of rotatable bonds is 4. The number of carbonyl (C=O) groups excluding carboxylic acids is 2. The van der Waals surface area contributed by atoms with Crippen LogP contribution in [0.2, 0.25) is 30.1 Å². The van der Waals surface area contributed by atoms with Crippen LogP contribution < -0.4 is 9.47 Å².